The summed E-state index contributed by atoms with van der Waals surface area (Å²) in [6, 6.07) is 0. The number of thioether (sulfide) groups is 1. The molecule has 138 valence electrons. The van der Waals surface area contributed by atoms with Crippen LogP contribution in [-0.2, 0) is 12.8 Å². The number of rotatable bonds is 3. The SMILES string of the molecule is Cc1sc2nc([C@@H](C)Sc3ncnc4sc5c(c34)CCC5)[nH]c(=O)c2c1C. The Morgan fingerprint density at radius 1 is 1.15 bits per heavy atom. The number of hydrogen-bond acceptors (Lipinski definition) is 7. The Morgan fingerprint density at radius 3 is 2.85 bits per heavy atom. The molecule has 8 heteroatoms. The Kier molecular flexibility index (Phi) is 4.10. The number of fused-ring (bicyclic) bond motifs is 4. The fourth-order valence-corrected chi connectivity index (χ4v) is 7.01. The monoisotopic (exact) mass is 414 g/mol. The van der Waals surface area contributed by atoms with Crippen LogP contribution in [0.25, 0.3) is 20.4 Å². The average Bonchev–Trinajstić information content (AvgIpc) is 3.29. The molecule has 0 unspecified atom stereocenters. The Hall–Kier alpha value is -1.77. The maximum absolute atomic E-state index is 12.6. The summed E-state index contributed by atoms with van der Waals surface area (Å²) in [6.07, 6.45) is 5.13. The zero-order valence-corrected chi connectivity index (χ0v) is 17.7. The van der Waals surface area contributed by atoms with E-state index < -0.39 is 0 Å². The molecule has 4 aromatic heterocycles. The zero-order chi connectivity index (χ0) is 18.7. The summed E-state index contributed by atoms with van der Waals surface area (Å²) >= 11 is 5.04. The number of H-pyrrole nitrogens is 1. The maximum atomic E-state index is 12.6. The van der Waals surface area contributed by atoms with Crippen molar-refractivity contribution in [2.24, 2.45) is 0 Å². The summed E-state index contributed by atoms with van der Waals surface area (Å²) in [5.74, 6) is 0.706. The van der Waals surface area contributed by atoms with Crippen LogP contribution in [0.15, 0.2) is 16.1 Å². The molecule has 0 bridgehead atoms. The van der Waals surface area contributed by atoms with Crippen molar-refractivity contribution in [3.05, 3.63) is 43.4 Å². The van der Waals surface area contributed by atoms with Crippen LogP contribution in [0.2, 0.25) is 0 Å². The van der Waals surface area contributed by atoms with Crippen molar-refractivity contribution in [3.63, 3.8) is 0 Å². The van der Waals surface area contributed by atoms with Gasteiger partial charge in [0.15, 0.2) is 0 Å². The van der Waals surface area contributed by atoms with E-state index in [2.05, 4.69) is 21.9 Å². The lowest BCUT2D eigenvalue weighted by Crippen LogP contribution is -2.12. The molecule has 0 radical (unpaired) electrons. The number of nitrogens with one attached hydrogen (secondary N) is 1. The van der Waals surface area contributed by atoms with Gasteiger partial charge in [-0.15, -0.1) is 22.7 Å². The first-order chi connectivity index (χ1) is 13.0. The van der Waals surface area contributed by atoms with Crippen molar-refractivity contribution in [1.29, 1.82) is 0 Å². The molecule has 1 N–H and O–H groups in total. The molecule has 0 saturated heterocycles. The Labute approximate surface area is 168 Å². The van der Waals surface area contributed by atoms with Crippen LogP contribution in [0.1, 0.15) is 45.3 Å². The van der Waals surface area contributed by atoms with Gasteiger partial charge in [0.1, 0.15) is 26.8 Å². The number of hydrogen-bond donors (Lipinski definition) is 1. The van der Waals surface area contributed by atoms with Crippen molar-refractivity contribution in [1.82, 2.24) is 19.9 Å². The lowest BCUT2D eigenvalue weighted by molar-refractivity contribution is 0.912. The van der Waals surface area contributed by atoms with Crippen LogP contribution in [0.4, 0.5) is 0 Å². The molecule has 5 nitrogen and oxygen atoms in total. The Balaban J connectivity index is 1.56. The van der Waals surface area contributed by atoms with Crippen molar-refractivity contribution in [2.45, 2.75) is 50.3 Å². The second-order valence-corrected chi connectivity index (χ2v) is 10.5. The fraction of sp³-hybridized carbons (Fsp3) is 0.368. The summed E-state index contributed by atoms with van der Waals surface area (Å²) in [5, 5.41) is 2.92. The molecule has 27 heavy (non-hydrogen) atoms. The molecule has 0 saturated carbocycles. The van der Waals surface area contributed by atoms with Crippen LogP contribution < -0.4 is 5.56 Å². The summed E-state index contributed by atoms with van der Waals surface area (Å²) in [4.78, 5) is 33.9. The van der Waals surface area contributed by atoms with Gasteiger partial charge in [-0.2, -0.15) is 0 Å². The minimum atomic E-state index is -0.0476. The van der Waals surface area contributed by atoms with Gasteiger partial charge in [-0.1, -0.05) is 11.8 Å². The van der Waals surface area contributed by atoms with Crippen LogP contribution >= 0.6 is 34.4 Å². The summed E-state index contributed by atoms with van der Waals surface area (Å²) in [7, 11) is 0. The van der Waals surface area contributed by atoms with Gasteiger partial charge in [0.05, 0.1) is 10.6 Å². The van der Waals surface area contributed by atoms with Crippen LogP contribution in [0.3, 0.4) is 0 Å². The molecule has 0 aromatic carbocycles. The third-order valence-electron chi connectivity index (χ3n) is 5.20. The molecule has 5 rings (SSSR count). The molecule has 0 spiro atoms. The third-order valence-corrected chi connectivity index (χ3v) is 8.61. The summed E-state index contributed by atoms with van der Waals surface area (Å²) < 4.78 is 0. The minimum Gasteiger partial charge on any atom is -0.309 e. The quantitative estimate of drug-likeness (QED) is 0.379. The Bertz CT molecular complexity index is 1250. The van der Waals surface area contributed by atoms with Gasteiger partial charge in [-0.05, 0) is 51.2 Å². The molecule has 0 fully saturated rings. The topological polar surface area (TPSA) is 71.5 Å². The number of aromatic nitrogens is 4. The van der Waals surface area contributed by atoms with E-state index in [1.807, 2.05) is 13.8 Å². The highest BCUT2D eigenvalue weighted by molar-refractivity contribution is 7.99. The van der Waals surface area contributed by atoms with E-state index >= 15 is 0 Å². The van der Waals surface area contributed by atoms with Gasteiger partial charge < -0.3 is 4.98 Å². The van der Waals surface area contributed by atoms with E-state index in [0.29, 0.717) is 5.82 Å². The zero-order valence-electron chi connectivity index (χ0n) is 15.3. The standard InChI is InChI=1S/C19H18N4OS3/c1-8-9(2)25-19-13(8)16(24)22-15(23-19)10(3)26-17-14-11-5-4-6-12(11)27-18(14)21-7-20-17/h7,10H,4-6H2,1-3H3,(H,22,23,24)/t10-/m1/s1. The van der Waals surface area contributed by atoms with Crippen molar-refractivity contribution >= 4 is 54.9 Å². The van der Waals surface area contributed by atoms with Crippen molar-refractivity contribution in [2.75, 3.05) is 0 Å². The van der Waals surface area contributed by atoms with Gasteiger partial charge in [-0.25, -0.2) is 15.0 Å². The number of thiophene rings is 2. The Morgan fingerprint density at radius 2 is 2.00 bits per heavy atom. The van der Waals surface area contributed by atoms with Gasteiger partial charge >= 0.3 is 0 Å². The molecule has 4 heterocycles. The molecule has 0 amide bonds. The summed E-state index contributed by atoms with van der Waals surface area (Å²) in [6.45, 7) is 6.09. The van der Waals surface area contributed by atoms with Crippen LogP contribution in [0, 0.1) is 13.8 Å². The highest BCUT2D eigenvalue weighted by Crippen LogP contribution is 2.43. The van der Waals surface area contributed by atoms with E-state index in [-0.39, 0.29) is 10.8 Å². The lowest BCUT2D eigenvalue weighted by Gasteiger charge is -2.11. The molecule has 1 aliphatic carbocycles. The van der Waals surface area contributed by atoms with Gasteiger partial charge in [0.2, 0.25) is 0 Å². The maximum Gasteiger partial charge on any atom is 0.259 e. The highest BCUT2D eigenvalue weighted by atomic mass is 32.2. The smallest absolute Gasteiger partial charge is 0.259 e. The molecule has 1 atom stereocenters. The lowest BCUT2D eigenvalue weighted by atomic mass is 10.2. The predicted octanol–water partition coefficient (Wildman–Crippen LogP) is 4.95. The largest absolute Gasteiger partial charge is 0.309 e. The van der Waals surface area contributed by atoms with Crippen molar-refractivity contribution < 1.29 is 0 Å². The first kappa shape index (κ1) is 17.3. The van der Waals surface area contributed by atoms with Gasteiger partial charge in [-0.3, -0.25) is 4.79 Å². The number of aromatic amines is 1. The molecular formula is C19H18N4OS3. The van der Waals surface area contributed by atoms with E-state index in [1.165, 1.54) is 22.2 Å². The molecular weight excluding hydrogens is 396 g/mol. The first-order valence-electron chi connectivity index (χ1n) is 8.94. The number of nitrogens with zero attached hydrogens (tertiary/aromatic N) is 3. The van der Waals surface area contributed by atoms with E-state index in [1.54, 1.807) is 40.8 Å². The normalized spacial score (nSPS) is 14.9. The van der Waals surface area contributed by atoms with E-state index in [0.717, 1.165) is 43.4 Å². The van der Waals surface area contributed by atoms with Crippen LogP contribution in [-0.4, -0.2) is 19.9 Å². The highest BCUT2D eigenvalue weighted by Gasteiger charge is 2.23. The van der Waals surface area contributed by atoms with Gasteiger partial charge in [0.25, 0.3) is 5.56 Å². The van der Waals surface area contributed by atoms with E-state index in [4.69, 9.17) is 4.98 Å². The predicted molar refractivity (Wildman–Crippen MR) is 113 cm³/mol. The second kappa shape index (κ2) is 6.39. The number of aryl methyl sites for hydroxylation is 4. The fourth-order valence-electron chi connectivity index (χ4n) is 3.68. The average molecular weight is 415 g/mol. The van der Waals surface area contributed by atoms with Crippen LogP contribution in [0.5, 0.6) is 0 Å². The molecule has 4 aromatic rings. The van der Waals surface area contributed by atoms with E-state index in [9.17, 15) is 4.79 Å². The third kappa shape index (κ3) is 2.73. The molecule has 0 aliphatic heterocycles. The minimum absolute atomic E-state index is 0.000125. The summed E-state index contributed by atoms with van der Waals surface area (Å²) in [5.41, 5.74) is 2.40. The first-order valence-corrected chi connectivity index (χ1v) is 11.5. The molecule has 1 aliphatic rings. The second-order valence-electron chi connectivity index (χ2n) is 6.89. The van der Waals surface area contributed by atoms with Gasteiger partial charge in [0, 0.05) is 15.1 Å². The van der Waals surface area contributed by atoms with Crippen molar-refractivity contribution in [3.8, 4) is 0 Å².